The van der Waals surface area contributed by atoms with Crippen LogP contribution < -0.4 is 0 Å². The van der Waals surface area contributed by atoms with Gasteiger partial charge in [-0.3, -0.25) is 0 Å². The van der Waals surface area contributed by atoms with Crippen molar-refractivity contribution < 1.29 is 4.39 Å². The van der Waals surface area contributed by atoms with E-state index in [0.29, 0.717) is 5.56 Å². The molecule has 0 amide bonds. The molecule has 0 atom stereocenters. The maximum atomic E-state index is 12.9. The SMILES string of the molecule is CC(=Cc1ccc(F)c(C)c1)CBr. The third-order valence-corrected chi connectivity index (χ3v) is 2.69. The zero-order valence-corrected chi connectivity index (χ0v) is 9.36. The number of hydrogen-bond acceptors (Lipinski definition) is 0. The summed E-state index contributed by atoms with van der Waals surface area (Å²) >= 11 is 3.36. The predicted octanol–water partition coefficient (Wildman–Crippen LogP) is 3.93. The fourth-order valence-corrected chi connectivity index (χ4v) is 1.24. The van der Waals surface area contributed by atoms with Gasteiger partial charge in [0.15, 0.2) is 0 Å². The van der Waals surface area contributed by atoms with Crippen LogP contribution in [0, 0.1) is 12.7 Å². The smallest absolute Gasteiger partial charge is 0.126 e. The third kappa shape index (κ3) is 2.96. The molecule has 0 nitrogen and oxygen atoms in total. The largest absolute Gasteiger partial charge is 0.207 e. The summed E-state index contributed by atoms with van der Waals surface area (Å²) in [7, 11) is 0. The van der Waals surface area contributed by atoms with Crippen molar-refractivity contribution >= 4 is 22.0 Å². The molecular formula is C11H12BrF. The van der Waals surface area contributed by atoms with E-state index in [4.69, 9.17) is 0 Å². The average molecular weight is 243 g/mol. The van der Waals surface area contributed by atoms with Crippen molar-refractivity contribution in [3.8, 4) is 0 Å². The Labute approximate surface area is 86.6 Å². The van der Waals surface area contributed by atoms with Crippen molar-refractivity contribution in [3.63, 3.8) is 0 Å². The van der Waals surface area contributed by atoms with Gasteiger partial charge in [-0.15, -0.1) is 0 Å². The number of allylic oxidation sites excluding steroid dienone is 1. The number of rotatable bonds is 2. The van der Waals surface area contributed by atoms with E-state index in [-0.39, 0.29) is 5.82 Å². The topological polar surface area (TPSA) is 0 Å². The molecule has 0 saturated carbocycles. The molecule has 0 aliphatic heterocycles. The van der Waals surface area contributed by atoms with Crippen LogP contribution in [0.3, 0.4) is 0 Å². The van der Waals surface area contributed by atoms with Crippen molar-refractivity contribution in [1.82, 2.24) is 0 Å². The van der Waals surface area contributed by atoms with Crippen LogP contribution in [0.4, 0.5) is 4.39 Å². The minimum absolute atomic E-state index is 0.145. The lowest BCUT2D eigenvalue weighted by atomic mass is 10.1. The third-order valence-electron chi connectivity index (χ3n) is 1.81. The molecule has 0 radical (unpaired) electrons. The Kier molecular flexibility index (Phi) is 3.67. The molecule has 0 aliphatic rings. The average Bonchev–Trinajstić information content (AvgIpc) is 2.11. The molecular weight excluding hydrogens is 231 g/mol. The first kappa shape index (κ1) is 10.5. The van der Waals surface area contributed by atoms with Crippen molar-refractivity contribution in [2.75, 3.05) is 5.33 Å². The first-order chi connectivity index (χ1) is 6.13. The highest BCUT2D eigenvalue weighted by atomic mass is 79.9. The Morgan fingerprint density at radius 2 is 2.23 bits per heavy atom. The monoisotopic (exact) mass is 242 g/mol. The molecule has 0 unspecified atom stereocenters. The number of benzene rings is 1. The molecule has 2 heteroatoms. The van der Waals surface area contributed by atoms with Crippen LogP contribution in [0.5, 0.6) is 0 Å². The second kappa shape index (κ2) is 4.56. The van der Waals surface area contributed by atoms with Gasteiger partial charge in [0.2, 0.25) is 0 Å². The molecule has 1 aromatic rings. The van der Waals surface area contributed by atoms with E-state index in [2.05, 4.69) is 15.9 Å². The highest BCUT2D eigenvalue weighted by Crippen LogP contribution is 2.13. The zero-order valence-electron chi connectivity index (χ0n) is 7.77. The Bertz CT molecular complexity index is 329. The predicted molar refractivity (Wildman–Crippen MR) is 58.6 cm³/mol. The Hall–Kier alpha value is -0.630. The van der Waals surface area contributed by atoms with Gasteiger partial charge in [-0.1, -0.05) is 33.6 Å². The molecule has 0 spiro atoms. The quantitative estimate of drug-likeness (QED) is 0.690. The minimum Gasteiger partial charge on any atom is -0.207 e. The lowest BCUT2D eigenvalue weighted by Crippen LogP contribution is -1.84. The Balaban J connectivity index is 2.98. The molecule has 0 aromatic heterocycles. The molecule has 0 fully saturated rings. The first-order valence-corrected chi connectivity index (χ1v) is 5.25. The van der Waals surface area contributed by atoms with E-state index in [0.717, 1.165) is 10.9 Å². The van der Waals surface area contributed by atoms with Gasteiger partial charge in [0.25, 0.3) is 0 Å². The first-order valence-electron chi connectivity index (χ1n) is 4.13. The standard InChI is InChI=1S/C11H12BrF/c1-8(7-12)5-10-3-4-11(13)9(2)6-10/h3-6H,7H2,1-2H3. The van der Waals surface area contributed by atoms with Gasteiger partial charge in [-0.2, -0.15) is 0 Å². The summed E-state index contributed by atoms with van der Waals surface area (Å²) in [6.07, 6.45) is 2.04. The molecule has 0 bridgehead atoms. The van der Waals surface area contributed by atoms with E-state index in [1.54, 1.807) is 13.0 Å². The minimum atomic E-state index is -0.145. The van der Waals surface area contributed by atoms with Gasteiger partial charge < -0.3 is 0 Å². The van der Waals surface area contributed by atoms with Gasteiger partial charge in [0, 0.05) is 5.33 Å². The summed E-state index contributed by atoms with van der Waals surface area (Å²) in [5.74, 6) is -0.145. The molecule has 0 saturated heterocycles. The molecule has 0 N–H and O–H groups in total. The fraction of sp³-hybridized carbons (Fsp3) is 0.273. The van der Waals surface area contributed by atoms with Gasteiger partial charge in [0.05, 0.1) is 0 Å². The van der Waals surface area contributed by atoms with Crippen LogP contribution in [0.1, 0.15) is 18.1 Å². The van der Waals surface area contributed by atoms with Crippen LogP contribution in [0.15, 0.2) is 23.8 Å². The number of aryl methyl sites for hydroxylation is 1. The van der Waals surface area contributed by atoms with E-state index < -0.39 is 0 Å². The summed E-state index contributed by atoms with van der Waals surface area (Å²) in [5.41, 5.74) is 2.97. The number of alkyl halides is 1. The van der Waals surface area contributed by atoms with Crippen LogP contribution in [0.2, 0.25) is 0 Å². The molecule has 1 rings (SSSR count). The van der Waals surface area contributed by atoms with Gasteiger partial charge in [0.1, 0.15) is 5.82 Å². The van der Waals surface area contributed by atoms with Crippen molar-refractivity contribution in [3.05, 3.63) is 40.7 Å². The van der Waals surface area contributed by atoms with Gasteiger partial charge in [-0.25, -0.2) is 4.39 Å². The second-order valence-electron chi connectivity index (χ2n) is 3.13. The van der Waals surface area contributed by atoms with Crippen molar-refractivity contribution in [2.45, 2.75) is 13.8 Å². The highest BCUT2D eigenvalue weighted by Gasteiger charge is 1.96. The van der Waals surface area contributed by atoms with Crippen molar-refractivity contribution in [1.29, 1.82) is 0 Å². The summed E-state index contributed by atoms with van der Waals surface area (Å²) in [5, 5.41) is 0.851. The summed E-state index contributed by atoms with van der Waals surface area (Å²) in [6, 6.07) is 5.14. The zero-order chi connectivity index (χ0) is 9.84. The maximum absolute atomic E-state index is 12.9. The van der Waals surface area contributed by atoms with E-state index in [1.165, 1.54) is 11.6 Å². The molecule has 0 heterocycles. The molecule has 70 valence electrons. The second-order valence-corrected chi connectivity index (χ2v) is 3.69. The van der Waals surface area contributed by atoms with Gasteiger partial charge in [-0.05, 0) is 37.1 Å². The lowest BCUT2D eigenvalue weighted by Gasteiger charge is -1.99. The number of halogens is 2. The van der Waals surface area contributed by atoms with E-state index >= 15 is 0 Å². The van der Waals surface area contributed by atoms with Crippen LogP contribution in [-0.2, 0) is 0 Å². The normalized spacial score (nSPS) is 11.8. The van der Waals surface area contributed by atoms with Gasteiger partial charge >= 0.3 is 0 Å². The summed E-state index contributed by atoms with van der Waals surface area (Å²) in [4.78, 5) is 0. The molecule has 0 aliphatic carbocycles. The maximum Gasteiger partial charge on any atom is 0.126 e. The van der Waals surface area contributed by atoms with E-state index in [9.17, 15) is 4.39 Å². The number of hydrogen-bond donors (Lipinski definition) is 0. The van der Waals surface area contributed by atoms with Crippen LogP contribution in [0.25, 0.3) is 6.08 Å². The molecule has 13 heavy (non-hydrogen) atoms. The Morgan fingerprint density at radius 1 is 1.54 bits per heavy atom. The Morgan fingerprint density at radius 3 is 2.77 bits per heavy atom. The summed E-state index contributed by atoms with van der Waals surface area (Å²) < 4.78 is 12.9. The van der Waals surface area contributed by atoms with Crippen LogP contribution >= 0.6 is 15.9 Å². The molecule has 1 aromatic carbocycles. The highest BCUT2D eigenvalue weighted by molar-refractivity contribution is 9.09. The van der Waals surface area contributed by atoms with Crippen molar-refractivity contribution in [2.24, 2.45) is 0 Å². The van der Waals surface area contributed by atoms with Crippen LogP contribution in [-0.4, -0.2) is 5.33 Å². The lowest BCUT2D eigenvalue weighted by molar-refractivity contribution is 0.618. The fourth-order valence-electron chi connectivity index (χ4n) is 1.08. The summed E-state index contributed by atoms with van der Waals surface area (Å²) in [6.45, 7) is 3.81. The van der Waals surface area contributed by atoms with E-state index in [1.807, 2.05) is 19.1 Å².